The Balaban J connectivity index is 2.15. The average molecular weight is 294 g/mol. The fourth-order valence-electron chi connectivity index (χ4n) is 1.56. The van der Waals surface area contributed by atoms with E-state index in [1.165, 1.54) is 31.8 Å². The number of nitrogens with zero attached hydrogens (tertiary/aromatic N) is 1. The summed E-state index contributed by atoms with van der Waals surface area (Å²) >= 11 is 1.19. The fourth-order valence-corrected chi connectivity index (χ4v) is 2.60. The van der Waals surface area contributed by atoms with Gasteiger partial charge in [-0.05, 0) is 30.7 Å². The van der Waals surface area contributed by atoms with E-state index in [1.54, 1.807) is 25.1 Å². The minimum atomic E-state index is -0.352. The van der Waals surface area contributed by atoms with Crippen LogP contribution in [0.2, 0.25) is 0 Å². The van der Waals surface area contributed by atoms with Crippen LogP contribution in [-0.2, 0) is 4.84 Å². The lowest BCUT2D eigenvalue weighted by Gasteiger charge is -2.12. The molecule has 2 aromatic heterocycles. The van der Waals surface area contributed by atoms with Crippen molar-refractivity contribution in [3.63, 3.8) is 0 Å². The van der Waals surface area contributed by atoms with Crippen molar-refractivity contribution in [3.8, 4) is 0 Å². The van der Waals surface area contributed by atoms with Crippen LogP contribution in [0.1, 0.15) is 25.8 Å². The highest BCUT2D eigenvalue weighted by atomic mass is 32.1. The van der Waals surface area contributed by atoms with Crippen LogP contribution in [0.5, 0.6) is 0 Å². The Labute approximate surface area is 119 Å². The van der Waals surface area contributed by atoms with Crippen LogP contribution in [0.25, 0.3) is 0 Å². The topological polar surface area (TPSA) is 71.8 Å². The molecule has 0 aromatic carbocycles. The van der Waals surface area contributed by atoms with Crippen molar-refractivity contribution in [3.05, 3.63) is 40.7 Å². The van der Waals surface area contributed by atoms with E-state index >= 15 is 0 Å². The smallest absolute Gasteiger partial charge is 0.291 e. The van der Waals surface area contributed by atoms with Gasteiger partial charge in [-0.2, -0.15) is 0 Å². The van der Waals surface area contributed by atoms with Gasteiger partial charge in [0.15, 0.2) is 5.76 Å². The Bertz CT molecular complexity index is 618. The van der Waals surface area contributed by atoms with E-state index in [9.17, 15) is 9.59 Å². The molecule has 0 spiro atoms. The molecule has 2 amide bonds. The van der Waals surface area contributed by atoms with Crippen LogP contribution in [-0.4, -0.2) is 31.0 Å². The van der Waals surface area contributed by atoms with E-state index in [2.05, 4.69) is 5.32 Å². The number of hydrogen-bond donors (Lipinski definition) is 1. The lowest BCUT2D eigenvalue weighted by Crippen LogP contribution is -2.25. The Morgan fingerprint density at radius 2 is 2.20 bits per heavy atom. The molecule has 0 unspecified atom stereocenters. The quantitative estimate of drug-likeness (QED) is 0.880. The van der Waals surface area contributed by atoms with Gasteiger partial charge in [0.05, 0.1) is 23.3 Å². The molecule has 2 heterocycles. The molecule has 0 atom stereocenters. The van der Waals surface area contributed by atoms with Gasteiger partial charge >= 0.3 is 0 Å². The molecule has 0 fully saturated rings. The van der Waals surface area contributed by atoms with Crippen molar-refractivity contribution in [2.75, 3.05) is 19.5 Å². The van der Waals surface area contributed by atoms with Gasteiger partial charge in [0, 0.05) is 7.05 Å². The summed E-state index contributed by atoms with van der Waals surface area (Å²) in [5, 5.41) is 4.41. The molecular formula is C13H14N2O4S. The van der Waals surface area contributed by atoms with Crippen molar-refractivity contribution >= 4 is 28.2 Å². The van der Waals surface area contributed by atoms with Gasteiger partial charge in [-0.25, -0.2) is 5.06 Å². The first-order valence-electron chi connectivity index (χ1n) is 5.80. The molecule has 0 radical (unpaired) electrons. The molecule has 0 saturated carbocycles. The SMILES string of the molecule is CON(C)C(=O)c1sc(NC(=O)c2ccco2)cc1C. The zero-order chi connectivity index (χ0) is 14.7. The van der Waals surface area contributed by atoms with Crippen LogP contribution >= 0.6 is 11.3 Å². The van der Waals surface area contributed by atoms with Gasteiger partial charge in [-0.1, -0.05) is 0 Å². The minimum Gasteiger partial charge on any atom is -0.459 e. The Morgan fingerprint density at radius 3 is 2.80 bits per heavy atom. The first-order chi connectivity index (χ1) is 9.52. The molecule has 0 bridgehead atoms. The normalized spacial score (nSPS) is 10.3. The summed E-state index contributed by atoms with van der Waals surface area (Å²) in [6, 6.07) is 4.94. The zero-order valence-corrected chi connectivity index (χ0v) is 12.1. The van der Waals surface area contributed by atoms with E-state index < -0.39 is 0 Å². The summed E-state index contributed by atoms with van der Waals surface area (Å²) < 4.78 is 5.01. The predicted molar refractivity (Wildman–Crippen MR) is 74.8 cm³/mol. The van der Waals surface area contributed by atoms with E-state index in [0.29, 0.717) is 9.88 Å². The first kappa shape index (κ1) is 14.3. The summed E-state index contributed by atoms with van der Waals surface area (Å²) in [6.07, 6.45) is 1.43. The highest BCUT2D eigenvalue weighted by Gasteiger charge is 2.19. The van der Waals surface area contributed by atoms with Gasteiger partial charge in [-0.15, -0.1) is 11.3 Å². The summed E-state index contributed by atoms with van der Waals surface area (Å²) in [5.74, 6) is -0.387. The van der Waals surface area contributed by atoms with Crippen LogP contribution in [0.3, 0.4) is 0 Å². The Hall–Kier alpha value is -2.12. The fraction of sp³-hybridized carbons (Fsp3) is 0.231. The molecule has 0 aliphatic heterocycles. The molecule has 1 N–H and O–H groups in total. The highest BCUT2D eigenvalue weighted by Crippen LogP contribution is 2.28. The molecule has 106 valence electrons. The number of hydrogen-bond acceptors (Lipinski definition) is 5. The van der Waals surface area contributed by atoms with Crippen molar-refractivity contribution in [1.29, 1.82) is 0 Å². The van der Waals surface area contributed by atoms with E-state index in [-0.39, 0.29) is 17.6 Å². The Morgan fingerprint density at radius 1 is 1.45 bits per heavy atom. The summed E-state index contributed by atoms with van der Waals surface area (Å²) in [4.78, 5) is 29.2. The van der Waals surface area contributed by atoms with Gasteiger partial charge < -0.3 is 9.73 Å². The maximum absolute atomic E-state index is 12.0. The van der Waals surface area contributed by atoms with E-state index in [1.807, 2.05) is 0 Å². The molecule has 0 saturated heterocycles. The summed E-state index contributed by atoms with van der Waals surface area (Å²) in [7, 11) is 2.95. The van der Waals surface area contributed by atoms with Gasteiger partial charge in [0.25, 0.3) is 11.8 Å². The van der Waals surface area contributed by atoms with Crippen LogP contribution < -0.4 is 5.32 Å². The van der Waals surface area contributed by atoms with Crippen molar-refractivity contribution < 1.29 is 18.8 Å². The predicted octanol–water partition coefficient (Wildman–Crippen LogP) is 2.54. The summed E-state index contributed by atoms with van der Waals surface area (Å²) in [6.45, 7) is 1.80. The molecule has 0 aliphatic carbocycles. The number of rotatable bonds is 4. The van der Waals surface area contributed by atoms with Crippen molar-refractivity contribution in [2.24, 2.45) is 0 Å². The molecule has 7 heteroatoms. The lowest BCUT2D eigenvalue weighted by atomic mass is 10.3. The van der Waals surface area contributed by atoms with Gasteiger partial charge in [0.1, 0.15) is 0 Å². The standard InChI is InChI=1S/C13H14N2O4S/c1-8-7-10(14-12(16)9-5-4-6-19-9)20-11(8)13(17)15(2)18-3/h4-7H,1-3H3,(H,14,16). The average Bonchev–Trinajstić information content (AvgIpc) is 3.06. The number of amides is 2. The third-order valence-electron chi connectivity index (χ3n) is 2.65. The van der Waals surface area contributed by atoms with Crippen molar-refractivity contribution in [2.45, 2.75) is 6.92 Å². The molecule has 2 aromatic rings. The van der Waals surface area contributed by atoms with Crippen LogP contribution in [0, 0.1) is 6.92 Å². The van der Waals surface area contributed by atoms with Crippen molar-refractivity contribution in [1.82, 2.24) is 5.06 Å². The third-order valence-corrected chi connectivity index (χ3v) is 3.79. The maximum atomic E-state index is 12.0. The first-order valence-corrected chi connectivity index (χ1v) is 6.62. The number of thiophene rings is 1. The second-order valence-electron chi connectivity index (χ2n) is 4.04. The number of carbonyl (C=O) groups is 2. The molecule has 0 aliphatic rings. The number of anilines is 1. The van der Waals surface area contributed by atoms with E-state index in [0.717, 1.165) is 10.6 Å². The monoisotopic (exact) mass is 294 g/mol. The zero-order valence-electron chi connectivity index (χ0n) is 11.3. The lowest BCUT2D eigenvalue weighted by molar-refractivity contribution is -0.0754. The number of carbonyl (C=O) groups excluding carboxylic acids is 2. The second-order valence-corrected chi connectivity index (χ2v) is 5.09. The molecule has 6 nitrogen and oxygen atoms in total. The minimum absolute atomic E-state index is 0.220. The molecule has 20 heavy (non-hydrogen) atoms. The molecule has 2 rings (SSSR count). The number of furan rings is 1. The van der Waals surface area contributed by atoms with Crippen LogP contribution in [0.15, 0.2) is 28.9 Å². The highest BCUT2D eigenvalue weighted by molar-refractivity contribution is 7.18. The van der Waals surface area contributed by atoms with Crippen LogP contribution in [0.4, 0.5) is 5.00 Å². The van der Waals surface area contributed by atoms with Gasteiger partial charge in [0.2, 0.25) is 0 Å². The largest absolute Gasteiger partial charge is 0.459 e. The number of aryl methyl sites for hydroxylation is 1. The number of nitrogens with one attached hydrogen (secondary N) is 1. The Kier molecular flexibility index (Phi) is 4.21. The molecular weight excluding hydrogens is 280 g/mol. The van der Waals surface area contributed by atoms with Gasteiger partial charge in [-0.3, -0.25) is 14.4 Å². The summed E-state index contributed by atoms with van der Waals surface area (Å²) in [5.41, 5.74) is 0.777. The van der Waals surface area contributed by atoms with E-state index in [4.69, 9.17) is 9.25 Å². The maximum Gasteiger partial charge on any atom is 0.291 e. The number of hydroxylamine groups is 2. The third kappa shape index (κ3) is 2.89. The second kappa shape index (κ2) is 5.89.